The first-order chi connectivity index (χ1) is 11.3. The summed E-state index contributed by atoms with van der Waals surface area (Å²) in [5, 5.41) is 0. The van der Waals surface area contributed by atoms with Gasteiger partial charge in [-0.25, -0.2) is 0 Å². The van der Waals surface area contributed by atoms with E-state index in [1.807, 2.05) is 6.92 Å². The van der Waals surface area contributed by atoms with Crippen LogP contribution >= 0.6 is 0 Å². The minimum atomic E-state index is -0.292. The highest BCUT2D eigenvalue weighted by Crippen LogP contribution is 2.67. The maximum atomic E-state index is 13.5. The molecule has 0 aromatic heterocycles. The van der Waals surface area contributed by atoms with Crippen LogP contribution in [0.25, 0.3) is 0 Å². The van der Waals surface area contributed by atoms with E-state index in [-0.39, 0.29) is 40.5 Å². The molecule has 0 unspecified atom stereocenters. The lowest BCUT2D eigenvalue weighted by atomic mass is 9.41. The zero-order chi connectivity index (χ0) is 17.3. The Morgan fingerprint density at radius 3 is 2.67 bits per heavy atom. The normalized spacial score (nSPS) is 47.7. The van der Waals surface area contributed by atoms with E-state index in [1.165, 1.54) is 12.8 Å². The summed E-state index contributed by atoms with van der Waals surface area (Å²) in [7, 11) is 1.58. The molecule has 0 radical (unpaired) electrons. The highest BCUT2D eigenvalue weighted by Gasteiger charge is 2.68. The van der Waals surface area contributed by atoms with Gasteiger partial charge in [-0.3, -0.25) is 9.59 Å². The molecule has 3 fully saturated rings. The van der Waals surface area contributed by atoms with E-state index < -0.39 is 0 Å². The number of hydrogen-bond donors (Lipinski definition) is 0. The topological polar surface area (TPSA) is 52.6 Å². The lowest BCUT2D eigenvalue weighted by molar-refractivity contribution is -0.218. The van der Waals surface area contributed by atoms with Crippen LogP contribution in [-0.2, 0) is 19.1 Å². The van der Waals surface area contributed by atoms with E-state index in [2.05, 4.69) is 13.8 Å². The van der Waals surface area contributed by atoms with Gasteiger partial charge in [0.25, 0.3) is 0 Å². The van der Waals surface area contributed by atoms with Crippen LogP contribution in [0, 0.1) is 28.6 Å². The Bertz CT molecular complexity index is 636. The van der Waals surface area contributed by atoms with Crippen molar-refractivity contribution in [1.29, 1.82) is 0 Å². The highest BCUT2D eigenvalue weighted by atomic mass is 16.5. The third-order valence-electron chi connectivity index (χ3n) is 7.89. The van der Waals surface area contributed by atoms with Crippen molar-refractivity contribution in [2.24, 2.45) is 28.6 Å². The van der Waals surface area contributed by atoms with Crippen molar-refractivity contribution in [3.63, 3.8) is 0 Å². The molecule has 3 aliphatic carbocycles. The highest BCUT2D eigenvalue weighted by molar-refractivity contribution is 5.99. The molecule has 4 aliphatic rings. The van der Waals surface area contributed by atoms with Crippen LogP contribution in [0.2, 0.25) is 0 Å². The third-order valence-corrected chi connectivity index (χ3v) is 7.89. The number of ether oxygens (including phenoxy) is 2. The second-order valence-corrected chi connectivity index (χ2v) is 8.80. The van der Waals surface area contributed by atoms with Crippen LogP contribution in [0.15, 0.2) is 11.3 Å². The summed E-state index contributed by atoms with van der Waals surface area (Å²) in [6.07, 6.45) is 5.78. The molecule has 4 rings (SSSR count). The monoisotopic (exact) mass is 332 g/mol. The van der Waals surface area contributed by atoms with E-state index in [1.54, 1.807) is 7.11 Å². The van der Waals surface area contributed by atoms with Gasteiger partial charge in [0.2, 0.25) is 5.78 Å². The Balaban J connectivity index is 1.92. The molecule has 0 spiro atoms. The Hall–Kier alpha value is -1.32. The Morgan fingerprint density at radius 1 is 1.21 bits per heavy atom. The second-order valence-electron chi connectivity index (χ2n) is 8.80. The first-order valence-electron chi connectivity index (χ1n) is 9.32. The molecule has 1 heterocycles. The predicted octanol–water partition coefficient (Wildman–Crippen LogP) is 3.64. The molecule has 0 aromatic rings. The Morgan fingerprint density at radius 2 is 1.96 bits per heavy atom. The minimum Gasteiger partial charge on any atom is -0.493 e. The largest absolute Gasteiger partial charge is 0.493 e. The Kier molecular flexibility index (Phi) is 3.43. The maximum Gasteiger partial charge on any atom is 0.306 e. The summed E-state index contributed by atoms with van der Waals surface area (Å²) in [5.74, 6) is 0.937. The molecule has 0 bridgehead atoms. The van der Waals surface area contributed by atoms with Crippen molar-refractivity contribution < 1.29 is 19.1 Å². The molecule has 2 saturated carbocycles. The number of allylic oxidation sites excluding steroid dienone is 2. The van der Waals surface area contributed by atoms with Gasteiger partial charge >= 0.3 is 5.97 Å². The average molecular weight is 332 g/mol. The summed E-state index contributed by atoms with van der Waals surface area (Å²) >= 11 is 0. The van der Waals surface area contributed by atoms with Gasteiger partial charge < -0.3 is 9.47 Å². The molecule has 0 amide bonds. The maximum absolute atomic E-state index is 13.5. The second kappa shape index (κ2) is 5.09. The number of rotatable bonds is 1. The summed E-state index contributed by atoms with van der Waals surface area (Å²) < 4.78 is 11.4. The van der Waals surface area contributed by atoms with E-state index in [4.69, 9.17) is 9.47 Å². The van der Waals surface area contributed by atoms with Gasteiger partial charge in [-0.2, -0.15) is 0 Å². The van der Waals surface area contributed by atoms with E-state index >= 15 is 0 Å². The Labute approximate surface area is 144 Å². The number of Topliss-reactive ketones (excluding diaryl/α,β-unsaturated/α-hetero) is 1. The smallest absolute Gasteiger partial charge is 0.306 e. The first-order valence-corrected chi connectivity index (χ1v) is 9.32. The number of carbonyl (C=O) groups is 2. The van der Waals surface area contributed by atoms with Crippen LogP contribution in [-0.4, -0.2) is 25.0 Å². The SMILES string of the molecule is COC1=C(C)[C@H]2CC(=O)O[C@@H]3C[C@H]4CCCC[C@@]4(C)[C@H](C1=O)[C@@]23C. The van der Waals surface area contributed by atoms with Gasteiger partial charge in [-0.05, 0) is 43.1 Å². The molecule has 1 aliphatic heterocycles. The minimum absolute atomic E-state index is 0.00688. The van der Waals surface area contributed by atoms with Crippen molar-refractivity contribution in [2.75, 3.05) is 7.11 Å². The molecule has 0 N–H and O–H groups in total. The number of esters is 1. The molecule has 24 heavy (non-hydrogen) atoms. The molecular formula is C20H28O4. The van der Waals surface area contributed by atoms with Gasteiger partial charge in [-0.15, -0.1) is 0 Å². The average Bonchev–Trinajstić information content (AvgIpc) is 2.52. The molecule has 132 valence electrons. The van der Waals surface area contributed by atoms with E-state index in [0.717, 1.165) is 24.8 Å². The van der Waals surface area contributed by atoms with E-state index in [9.17, 15) is 9.59 Å². The molecule has 4 heteroatoms. The van der Waals surface area contributed by atoms with Gasteiger partial charge in [-0.1, -0.05) is 26.7 Å². The summed E-state index contributed by atoms with van der Waals surface area (Å²) in [5.41, 5.74) is 0.646. The predicted molar refractivity (Wildman–Crippen MR) is 89.0 cm³/mol. The number of fused-ring (bicyclic) bond motifs is 2. The summed E-state index contributed by atoms with van der Waals surface area (Å²) in [4.78, 5) is 25.7. The zero-order valence-electron chi connectivity index (χ0n) is 15.2. The van der Waals surface area contributed by atoms with Crippen LogP contribution < -0.4 is 0 Å². The standard InChI is InChI=1S/C20H28O4/c1-11-13-10-15(21)24-14-9-12-7-5-6-8-19(12,2)18(20(13,14)3)16(22)17(11)23-4/h12-14,18H,5-10H2,1-4H3/t12-,13-,14-,18+,19-,20+/m1/s1. The lowest BCUT2D eigenvalue weighted by Gasteiger charge is -2.64. The first kappa shape index (κ1) is 16.2. The number of ketones is 1. The lowest BCUT2D eigenvalue weighted by Crippen LogP contribution is -2.66. The van der Waals surface area contributed by atoms with Gasteiger partial charge in [0.05, 0.1) is 13.5 Å². The van der Waals surface area contributed by atoms with Crippen LogP contribution in [0.4, 0.5) is 0 Å². The molecule has 1 saturated heterocycles. The number of methoxy groups -OCH3 is 1. The quantitative estimate of drug-likeness (QED) is 0.688. The van der Waals surface area contributed by atoms with Crippen molar-refractivity contribution in [3.8, 4) is 0 Å². The fraction of sp³-hybridized carbons (Fsp3) is 0.800. The third kappa shape index (κ3) is 1.80. The number of hydrogen-bond acceptors (Lipinski definition) is 4. The zero-order valence-corrected chi connectivity index (χ0v) is 15.2. The van der Waals surface area contributed by atoms with Crippen LogP contribution in [0.5, 0.6) is 0 Å². The molecule has 4 nitrogen and oxygen atoms in total. The molecule has 6 atom stereocenters. The van der Waals surface area contributed by atoms with E-state index in [0.29, 0.717) is 18.1 Å². The number of carbonyl (C=O) groups excluding carboxylic acids is 2. The van der Waals surface area contributed by atoms with Gasteiger partial charge in [0, 0.05) is 17.3 Å². The van der Waals surface area contributed by atoms with Crippen molar-refractivity contribution in [3.05, 3.63) is 11.3 Å². The van der Waals surface area contributed by atoms with Gasteiger partial charge in [0.1, 0.15) is 6.10 Å². The van der Waals surface area contributed by atoms with Gasteiger partial charge in [0.15, 0.2) is 5.76 Å². The van der Waals surface area contributed by atoms with Crippen LogP contribution in [0.1, 0.15) is 59.3 Å². The van der Waals surface area contributed by atoms with Crippen molar-refractivity contribution in [2.45, 2.75) is 65.4 Å². The van der Waals surface area contributed by atoms with Crippen molar-refractivity contribution in [1.82, 2.24) is 0 Å². The summed E-state index contributed by atoms with van der Waals surface area (Å²) in [6.45, 7) is 6.47. The van der Waals surface area contributed by atoms with Crippen molar-refractivity contribution >= 4 is 11.8 Å². The molecule has 0 aromatic carbocycles. The summed E-state index contributed by atoms with van der Waals surface area (Å²) in [6, 6.07) is 0. The fourth-order valence-corrected chi connectivity index (χ4v) is 6.75. The fourth-order valence-electron chi connectivity index (χ4n) is 6.75. The van der Waals surface area contributed by atoms with Crippen LogP contribution in [0.3, 0.4) is 0 Å². The molecular weight excluding hydrogens is 304 g/mol.